The van der Waals surface area contributed by atoms with Crippen molar-refractivity contribution < 1.29 is 17.9 Å². The summed E-state index contributed by atoms with van der Waals surface area (Å²) >= 11 is 5.73. The number of ether oxygens (including phenoxy) is 2. The topological polar surface area (TPSA) is 52.6 Å². The Kier molecular flexibility index (Phi) is 6.00. The van der Waals surface area contributed by atoms with Gasteiger partial charge in [-0.1, -0.05) is 17.7 Å². The molecule has 19 heavy (non-hydrogen) atoms. The van der Waals surface area contributed by atoms with Crippen molar-refractivity contribution in [2.45, 2.75) is 18.1 Å². The van der Waals surface area contributed by atoms with Gasteiger partial charge in [0.15, 0.2) is 16.1 Å². The third kappa shape index (κ3) is 4.62. The van der Waals surface area contributed by atoms with E-state index in [4.69, 9.17) is 21.1 Å². The zero-order chi connectivity index (χ0) is 14.5. The Labute approximate surface area is 118 Å². The zero-order valence-corrected chi connectivity index (χ0v) is 12.7. The Hall–Kier alpha value is -0.880. The van der Waals surface area contributed by atoms with Crippen LogP contribution in [0.1, 0.15) is 6.92 Å². The molecule has 1 rings (SSSR count). The zero-order valence-electron chi connectivity index (χ0n) is 11.1. The molecule has 0 amide bonds. The molecule has 0 fully saturated rings. The van der Waals surface area contributed by atoms with Crippen molar-refractivity contribution >= 4 is 21.4 Å². The lowest BCUT2D eigenvalue weighted by Crippen LogP contribution is -2.15. The highest BCUT2D eigenvalue weighted by molar-refractivity contribution is 7.91. The number of methoxy groups -OCH3 is 2. The molecule has 1 aromatic rings. The second-order valence-corrected chi connectivity index (χ2v) is 6.46. The van der Waals surface area contributed by atoms with Crippen molar-refractivity contribution in [1.29, 1.82) is 0 Å². The predicted molar refractivity (Wildman–Crippen MR) is 75.1 cm³/mol. The van der Waals surface area contributed by atoms with E-state index in [1.807, 2.05) is 0 Å². The Morgan fingerprint density at radius 3 is 2.26 bits per heavy atom. The summed E-state index contributed by atoms with van der Waals surface area (Å²) in [4.78, 5) is 0.243. The van der Waals surface area contributed by atoms with E-state index < -0.39 is 16.1 Å². The Morgan fingerprint density at radius 2 is 1.79 bits per heavy atom. The number of rotatable bonds is 6. The monoisotopic (exact) mass is 304 g/mol. The molecule has 106 valence electrons. The van der Waals surface area contributed by atoms with Gasteiger partial charge in [0.1, 0.15) is 0 Å². The highest BCUT2D eigenvalue weighted by Gasteiger charge is 2.14. The fourth-order valence-corrected chi connectivity index (χ4v) is 2.90. The van der Waals surface area contributed by atoms with Gasteiger partial charge in [0, 0.05) is 19.2 Å². The molecule has 0 aliphatic heterocycles. The molecule has 0 heterocycles. The number of hydrogen-bond acceptors (Lipinski definition) is 4. The third-order valence-electron chi connectivity index (χ3n) is 2.60. The smallest absolute Gasteiger partial charge is 0.181 e. The molecule has 0 N–H and O–H groups in total. The van der Waals surface area contributed by atoms with E-state index in [9.17, 15) is 8.42 Å². The second-order valence-electron chi connectivity index (χ2n) is 3.99. The van der Waals surface area contributed by atoms with Crippen LogP contribution in [0.3, 0.4) is 0 Å². The van der Waals surface area contributed by atoms with Crippen LogP contribution in [0.2, 0.25) is 5.02 Å². The van der Waals surface area contributed by atoms with E-state index in [2.05, 4.69) is 0 Å². The van der Waals surface area contributed by atoms with E-state index >= 15 is 0 Å². The van der Waals surface area contributed by atoms with Gasteiger partial charge in [-0.05, 0) is 36.8 Å². The third-order valence-corrected chi connectivity index (χ3v) is 4.45. The summed E-state index contributed by atoms with van der Waals surface area (Å²) in [6.45, 7) is 1.76. The van der Waals surface area contributed by atoms with E-state index in [1.165, 1.54) is 26.4 Å². The quantitative estimate of drug-likeness (QED) is 0.599. The lowest BCUT2D eigenvalue weighted by atomic mass is 10.3. The average molecular weight is 305 g/mol. The molecule has 0 aliphatic rings. The fourth-order valence-electron chi connectivity index (χ4n) is 1.54. The van der Waals surface area contributed by atoms with Crippen LogP contribution in [0.15, 0.2) is 40.8 Å². The van der Waals surface area contributed by atoms with Crippen LogP contribution in [-0.4, -0.2) is 34.7 Å². The van der Waals surface area contributed by atoms with Crippen molar-refractivity contribution in [3.05, 3.63) is 40.9 Å². The molecule has 0 spiro atoms. The number of sulfone groups is 1. The van der Waals surface area contributed by atoms with Crippen molar-refractivity contribution in [1.82, 2.24) is 0 Å². The molecular weight excluding hydrogens is 288 g/mol. The summed E-state index contributed by atoms with van der Waals surface area (Å²) in [5.74, 6) is -0.107. The van der Waals surface area contributed by atoms with E-state index in [0.29, 0.717) is 10.6 Å². The molecule has 0 aliphatic carbocycles. The Bertz CT molecular complexity index is 530. The standard InChI is InChI=1S/C13H17ClO4S/c1-10(13(17-2)18-3)8-9-19(15,16)12-6-4-11(14)5-7-12/h4-8,13H,9H2,1-3H3/b10-8+. The number of halogens is 1. The number of benzene rings is 1. The maximum absolute atomic E-state index is 12.1. The van der Waals surface area contributed by atoms with Gasteiger partial charge in [0.25, 0.3) is 0 Å². The molecule has 1 aromatic carbocycles. The lowest BCUT2D eigenvalue weighted by molar-refractivity contribution is -0.0747. The first kappa shape index (κ1) is 16.2. The van der Waals surface area contributed by atoms with Crippen molar-refractivity contribution in [3.63, 3.8) is 0 Å². The highest BCUT2D eigenvalue weighted by Crippen LogP contribution is 2.16. The van der Waals surface area contributed by atoms with Crippen LogP contribution in [0.25, 0.3) is 0 Å². The summed E-state index contributed by atoms with van der Waals surface area (Å²) in [5, 5.41) is 0.504. The van der Waals surface area contributed by atoms with Gasteiger partial charge < -0.3 is 9.47 Å². The van der Waals surface area contributed by atoms with Crippen molar-refractivity contribution in [2.24, 2.45) is 0 Å². The predicted octanol–water partition coefficient (Wildman–Crippen LogP) is 2.68. The first-order valence-corrected chi connectivity index (χ1v) is 7.64. The molecule has 0 bridgehead atoms. The largest absolute Gasteiger partial charge is 0.352 e. The maximum atomic E-state index is 12.1. The molecule has 6 heteroatoms. The minimum absolute atomic E-state index is 0.107. The van der Waals surface area contributed by atoms with Gasteiger partial charge in [0.05, 0.1) is 10.6 Å². The van der Waals surface area contributed by atoms with Gasteiger partial charge in [-0.3, -0.25) is 0 Å². The molecule has 0 saturated carbocycles. The molecule has 0 radical (unpaired) electrons. The van der Waals surface area contributed by atoms with E-state index in [0.717, 1.165) is 0 Å². The van der Waals surface area contributed by atoms with Crippen LogP contribution in [-0.2, 0) is 19.3 Å². The first-order valence-electron chi connectivity index (χ1n) is 5.61. The van der Waals surface area contributed by atoms with E-state index in [-0.39, 0.29) is 10.6 Å². The second kappa shape index (κ2) is 7.05. The number of hydrogen-bond donors (Lipinski definition) is 0. The minimum Gasteiger partial charge on any atom is -0.352 e. The van der Waals surface area contributed by atoms with Gasteiger partial charge in [0.2, 0.25) is 0 Å². The van der Waals surface area contributed by atoms with Gasteiger partial charge >= 0.3 is 0 Å². The Balaban J connectivity index is 2.86. The highest BCUT2D eigenvalue weighted by atomic mass is 35.5. The molecule has 4 nitrogen and oxygen atoms in total. The SMILES string of the molecule is COC(OC)/C(C)=C/CS(=O)(=O)c1ccc(Cl)cc1. The van der Waals surface area contributed by atoms with Crippen LogP contribution in [0.4, 0.5) is 0 Å². The molecule has 0 aromatic heterocycles. The minimum atomic E-state index is -3.37. The van der Waals surface area contributed by atoms with Crippen LogP contribution in [0.5, 0.6) is 0 Å². The van der Waals surface area contributed by atoms with E-state index in [1.54, 1.807) is 25.1 Å². The summed E-state index contributed by atoms with van der Waals surface area (Å²) in [5.41, 5.74) is 0.711. The summed E-state index contributed by atoms with van der Waals surface area (Å²) in [6, 6.07) is 6.09. The molecule has 0 atom stereocenters. The van der Waals surface area contributed by atoms with Crippen LogP contribution >= 0.6 is 11.6 Å². The van der Waals surface area contributed by atoms with Gasteiger partial charge in [-0.25, -0.2) is 8.42 Å². The van der Waals surface area contributed by atoms with Crippen molar-refractivity contribution in [2.75, 3.05) is 20.0 Å². The van der Waals surface area contributed by atoms with Gasteiger partial charge in [-0.15, -0.1) is 0 Å². The van der Waals surface area contributed by atoms with Crippen LogP contribution in [0, 0.1) is 0 Å². The fraction of sp³-hybridized carbons (Fsp3) is 0.385. The lowest BCUT2D eigenvalue weighted by Gasteiger charge is -2.13. The Morgan fingerprint density at radius 1 is 1.26 bits per heavy atom. The average Bonchev–Trinajstić information content (AvgIpc) is 2.38. The molecule has 0 unspecified atom stereocenters. The van der Waals surface area contributed by atoms with Gasteiger partial charge in [-0.2, -0.15) is 0 Å². The summed E-state index contributed by atoms with van der Waals surface area (Å²) in [6.07, 6.45) is 1.06. The van der Waals surface area contributed by atoms with Crippen LogP contribution < -0.4 is 0 Å². The maximum Gasteiger partial charge on any atom is 0.181 e. The summed E-state index contributed by atoms with van der Waals surface area (Å²) < 4.78 is 34.2. The molecule has 0 saturated heterocycles. The summed E-state index contributed by atoms with van der Waals surface area (Å²) in [7, 11) is -0.370. The normalized spacial score (nSPS) is 13.0. The molecular formula is C13H17ClO4S. The first-order chi connectivity index (χ1) is 8.90. The van der Waals surface area contributed by atoms with Crippen molar-refractivity contribution in [3.8, 4) is 0 Å².